The van der Waals surface area contributed by atoms with Gasteiger partial charge in [-0.25, -0.2) is 9.48 Å². The highest BCUT2D eigenvalue weighted by atomic mass is 32.1. The van der Waals surface area contributed by atoms with Crippen LogP contribution in [0.3, 0.4) is 0 Å². The van der Waals surface area contributed by atoms with Gasteiger partial charge in [-0.15, -0.1) is 11.3 Å². The topological polar surface area (TPSA) is 79.3 Å². The van der Waals surface area contributed by atoms with E-state index in [1.54, 1.807) is 22.2 Å². The van der Waals surface area contributed by atoms with Gasteiger partial charge in [0.05, 0.1) is 18.4 Å². The third kappa shape index (κ3) is 6.04. The van der Waals surface area contributed by atoms with Crippen LogP contribution < -0.4 is 10.6 Å². The minimum atomic E-state index is -0.466. The summed E-state index contributed by atoms with van der Waals surface area (Å²) in [5.41, 5.74) is 1.97. The van der Waals surface area contributed by atoms with E-state index < -0.39 is 6.03 Å². The van der Waals surface area contributed by atoms with Crippen molar-refractivity contribution in [2.75, 3.05) is 20.1 Å². The standard InChI is InChI=1S/C20H23N5O2S/c1-24(13-16-12-22-25(14-16)17-6-3-2-4-7-17)15-19(26)23-20(27)21-10-9-18-8-5-11-28-18/h2-8,11-12,14H,9-10,13,15H2,1H3,(H2,21,23,26,27). The first kappa shape index (κ1) is 19.8. The number of carbonyl (C=O) groups excluding carboxylic acids is 2. The van der Waals surface area contributed by atoms with Gasteiger partial charge in [0, 0.05) is 29.7 Å². The van der Waals surface area contributed by atoms with E-state index in [1.807, 2.05) is 66.0 Å². The molecule has 2 heterocycles. The normalized spacial score (nSPS) is 10.8. The molecule has 3 amide bonds. The van der Waals surface area contributed by atoms with E-state index in [-0.39, 0.29) is 12.5 Å². The van der Waals surface area contributed by atoms with Crippen molar-refractivity contribution < 1.29 is 9.59 Å². The van der Waals surface area contributed by atoms with Gasteiger partial charge in [-0.05, 0) is 37.0 Å². The van der Waals surface area contributed by atoms with Gasteiger partial charge >= 0.3 is 6.03 Å². The van der Waals surface area contributed by atoms with Crippen LogP contribution in [0.4, 0.5) is 4.79 Å². The van der Waals surface area contributed by atoms with Gasteiger partial charge in [0.2, 0.25) is 5.91 Å². The molecule has 3 aromatic rings. The SMILES string of the molecule is CN(CC(=O)NC(=O)NCCc1cccs1)Cc1cnn(-c2ccccc2)c1. The first-order valence-corrected chi connectivity index (χ1v) is 9.85. The lowest BCUT2D eigenvalue weighted by molar-refractivity contribution is -0.120. The van der Waals surface area contributed by atoms with Gasteiger partial charge in [-0.1, -0.05) is 24.3 Å². The van der Waals surface area contributed by atoms with E-state index in [9.17, 15) is 9.59 Å². The third-order valence-electron chi connectivity index (χ3n) is 4.01. The lowest BCUT2D eigenvalue weighted by Crippen LogP contribution is -2.44. The molecule has 0 aliphatic carbocycles. The van der Waals surface area contributed by atoms with E-state index in [4.69, 9.17) is 0 Å². The number of rotatable bonds is 8. The molecule has 2 aromatic heterocycles. The molecule has 3 rings (SSSR count). The molecule has 0 radical (unpaired) electrons. The monoisotopic (exact) mass is 397 g/mol. The number of para-hydroxylation sites is 1. The van der Waals surface area contributed by atoms with Crippen molar-refractivity contribution in [1.29, 1.82) is 0 Å². The van der Waals surface area contributed by atoms with E-state index in [0.29, 0.717) is 13.1 Å². The van der Waals surface area contributed by atoms with Gasteiger partial charge in [0.15, 0.2) is 0 Å². The Balaban J connectivity index is 1.39. The smallest absolute Gasteiger partial charge is 0.321 e. The first-order valence-electron chi connectivity index (χ1n) is 8.98. The minimum Gasteiger partial charge on any atom is -0.337 e. The maximum Gasteiger partial charge on any atom is 0.321 e. The van der Waals surface area contributed by atoms with Crippen molar-refractivity contribution >= 4 is 23.3 Å². The van der Waals surface area contributed by atoms with Gasteiger partial charge < -0.3 is 5.32 Å². The van der Waals surface area contributed by atoms with Crippen molar-refractivity contribution in [3.05, 3.63) is 70.7 Å². The Hall–Kier alpha value is -2.97. The predicted octanol–water partition coefficient (Wildman–Crippen LogP) is 2.43. The summed E-state index contributed by atoms with van der Waals surface area (Å²) in [6, 6.07) is 13.4. The summed E-state index contributed by atoms with van der Waals surface area (Å²) in [6.45, 7) is 1.17. The van der Waals surface area contributed by atoms with Crippen LogP contribution in [0.25, 0.3) is 5.69 Å². The van der Waals surface area contributed by atoms with Gasteiger partial charge in [-0.2, -0.15) is 5.10 Å². The summed E-state index contributed by atoms with van der Waals surface area (Å²) in [4.78, 5) is 26.9. The molecule has 0 unspecified atom stereocenters. The molecule has 28 heavy (non-hydrogen) atoms. The molecule has 2 N–H and O–H groups in total. The van der Waals surface area contributed by atoms with Crippen molar-refractivity contribution in [2.45, 2.75) is 13.0 Å². The highest BCUT2D eigenvalue weighted by molar-refractivity contribution is 7.09. The summed E-state index contributed by atoms with van der Waals surface area (Å²) in [7, 11) is 1.83. The second-order valence-corrected chi connectivity index (χ2v) is 7.47. The zero-order valence-corrected chi connectivity index (χ0v) is 16.5. The Bertz CT molecular complexity index is 892. The molecule has 8 heteroatoms. The summed E-state index contributed by atoms with van der Waals surface area (Å²) in [5, 5.41) is 11.4. The van der Waals surface area contributed by atoms with Crippen LogP contribution in [0.2, 0.25) is 0 Å². The van der Waals surface area contributed by atoms with E-state index in [2.05, 4.69) is 15.7 Å². The Kier molecular flexibility index (Phi) is 6.94. The number of nitrogens with zero attached hydrogens (tertiary/aromatic N) is 3. The maximum atomic E-state index is 12.0. The summed E-state index contributed by atoms with van der Waals surface area (Å²) >= 11 is 1.65. The Morgan fingerprint density at radius 1 is 1.18 bits per heavy atom. The fourth-order valence-corrected chi connectivity index (χ4v) is 3.45. The Labute approximate surface area is 168 Å². The number of aromatic nitrogens is 2. The number of imide groups is 1. The van der Waals surface area contributed by atoms with Crippen LogP contribution in [0.5, 0.6) is 0 Å². The molecule has 146 valence electrons. The van der Waals surface area contributed by atoms with Crippen LogP contribution in [0.15, 0.2) is 60.2 Å². The number of hydrogen-bond donors (Lipinski definition) is 2. The largest absolute Gasteiger partial charge is 0.337 e. The van der Waals surface area contributed by atoms with Crippen molar-refractivity contribution in [2.24, 2.45) is 0 Å². The highest BCUT2D eigenvalue weighted by Gasteiger charge is 2.11. The van der Waals surface area contributed by atoms with Crippen LogP contribution in [0, 0.1) is 0 Å². The van der Waals surface area contributed by atoms with Crippen molar-refractivity contribution in [3.63, 3.8) is 0 Å². The van der Waals surface area contributed by atoms with Gasteiger partial charge in [-0.3, -0.25) is 15.0 Å². The Morgan fingerprint density at radius 2 is 2.00 bits per heavy atom. The molecule has 0 atom stereocenters. The number of hydrogen-bond acceptors (Lipinski definition) is 5. The van der Waals surface area contributed by atoms with Gasteiger partial charge in [0.1, 0.15) is 0 Å². The summed E-state index contributed by atoms with van der Waals surface area (Å²) in [5.74, 6) is -0.341. The fraction of sp³-hybridized carbons (Fsp3) is 0.250. The average molecular weight is 398 g/mol. The number of carbonyl (C=O) groups is 2. The Morgan fingerprint density at radius 3 is 2.75 bits per heavy atom. The second-order valence-electron chi connectivity index (χ2n) is 6.43. The average Bonchev–Trinajstić information content (AvgIpc) is 3.34. The second kappa shape index (κ2) is 9.82. The molecule has 0 saturated carbocycles. The predicted molar refractivity (Wildman–Crippen MR) is 109 cm³/mol. The minimum absolute atomic E-state index is 0.120. The van der Waals surface area contributed by atoms with E-state index >= 15 is 0 Å². The molecular formula is C20H23N5O2S. The quantitative estimate of drug-likeness (QED) is 0.612. The van der Waals surface area contributed by atoms with Crippen LogP contribution in [-0.4, -0.2) is 46.8 Å². The third-order valence-corrected chi connectivity index (χ3v) is 4.95. The molecule has 0 saturated heterocycles. The lowest BCUT2D eigenvalue weighted by Gasteiger charge is -2.15. The highest BCUT2D eigenvalue weighted by Crippen LogP contribution is 2.09. The molecule has 0 aliphatic rings. The molecule has 0 aliphatic heterocycles. The molecule has 1 aromatic carbocycles. The molecule has 0 fully saturated rings. The summed E-state index contributed by atoms with van der Waals surface area (Å²) in [6.07, 6.45) is 4.46. The summed E-state index contributed by atoms with van der Waals surface area (Å²) < 4.78 is 1.80. The van der Waals surface area contributed by atoms with E-state index in [1.165, 1.54) is 4.88 Å². The first-order chi connectivity index (χ1) is 13.6. The molecule has 7 nitrogen and oxygen atoms in total. The fourth-order valence-electron chi connectivity index (χ4n) is 2.74. The van der Waals surface area contributed by atoms with Crippen molar-refractivity contribution in [1.82, 2.24) is 25.3 Å². The number of urea groups is 1. The number of amides is 3. The van der Waals surface area contributed by atoms with Gasteiger partial charge in [0.25, 0.3) is 0 Å². The maximum absolute atomic E-state index is 12.0. The van der Waals surface area contributed by atoms with Crippen LogP contribution >= 0.6 is 11.3 Å². The number of thiophene rings is 1. The number of likely N-dealkylation sites (N-methyl/N-ethyl adjacent to an activating group) is 1. The van der Waals surface area contributed by atoms with Crippen LogP contribution in [-0.2, 0) is 17.8 Å². The van der Waals surface area contributed by atoms with E-state index in [0.717, 1.165) is 17.7 Å². The zero-order valence-electron chi connectivity index (χ0n) is 15.7. The number of benzene rings is 1. The molecule has 0 bridgehead atoms. The van der Waals surface area contributed by atoms with Crippen molar-refractivity contribution in [3.8, 4) is 5.69 Å². The zero-order chi connectivity index (χ0) is 19.8. The molecule has 0 spiro atoms. The lowest BCUT2D eigenvalue weighted by atomic mass is 10.3. The van der Waals surface area contributed by atoms with Crippen LogP contribution in [0.1, 0.15) is 10.4 Å². The number of nitrogens with one attached hydrogen (secondary N) is 2. The molecular weight excluding hydrogens is 374 g/mol.